The molecule has 0 aromatic heterocycles. The van der Waals surface area contributed by atoms with Crippen molar-refractivity contribution >= 4 is 17.5 Å². The van der Waals surface area contributed by atoms with Crippen molar-refractivity contribution in [2.75, 3.05) is 0 Å². The zero-order valence-electron chi connectivity index (χ0n) is 12.7. The van der Waals surface area contributed by atoms with Crippen LogP contribution in [-0.4, -0.2) is 5.91 Å². The molecule has 0 bridgehead atoms. The molecule has 0 saturated carbocycles. The van der Waals surface area contributed by atoms with Gasteiger partial charge in [-0.25, -0.2) is 4.39 Å². The third-order valence-corrected chi connectivity index (χ3v) is 3.77. The van der Waals surface area contributed by atoms with Gasteiger partial charge in [0.1, 0.15) is 5.75 Å². The Balaban J connectivity index is 2.27. The summed E-state index contributed by atoms with van der Waals surface area (Å²) >= 11 is 5.72. The van der Waals surface area contributed by atoms with Gasteiger partial charge in [-0.2, -0.15) is 0 Å². The topological polar surface area (TPSA) is 78.3 Å². The third-order valence-electron chi connectivity index (χ3n) is 3.53. The molecule has 0 aliphatic rings. The Hall–Kier alpha value is -2.11. The fourth-order valence-corrected chi connectivity index (χ4v) is 2.33. The maximum absolute atomic E-state index is 13.8. The van der Waals surface area contributed by atoms with Crippen LogP contribution in [0.2, 0.25) is 5.02 Å². The van der Waals surface area contributed by atoms with E-state index in [0.29, 0.717) is 23.7 Å². The van der Waals surface area contributed by atoms with Gasteiger partial charge in [-0.3, -0.25) is 4.79 Å². The summed E-state index contributed by atoms with van der Waals surface area (Å²) < 4.78 is 19.4. The maximum Gasteiger partial charge on any atom is 0.220 e. The van der Waals surface area contributed by atoms with Crippen LogP contribution in [0, 0.1) is 11.7 Å². The molecule has 0 heterocycles. The van der Waals surface area contributed by atoms with Crippen LogP contribution in [0.15, 0.2) is 36.4 Å². The molecule has 4 nitrogen and oxygen atoms in total. The monoisotopic (exact) mass is 336 g/mol. The van der Waals surface area contributed by atoms with E-state index in [1.165, 1.54) is 12.1 Å². The second-order valence-corrected chi connectivity index (χ2v) is 5.76. The largest absolute Gasteiger partial charge is 0.454 e. The molecule has 1 unspecified atom stereocenters. The van der Waals surface area contributed by atoms with Crippen molar-refractivity contribution in [3.8, 4) is 11.5 Å². The predicted molar refractivity (Wildman–Crippen MR) is 87.9 cm³/mol. The summed E-state index contributed by atoms with van der Waals surface area (Å²) in [5.74, 6) is -0.739. The molecule has 0 radical (unpaired) electrons. The van der Waals surface area contributed by atoms with E-state index < -0.39 is 5.82 Å². The van der Waals surface area contributed by atoms with Crippen molar-refractivity contribution in [2.24, 2.45) is 17.4 Å². The molecule has 1 amide bonds. The van der Waals surface area contributed by atoms with Gasteiger partial charge in [-0.05, 0) is 47.9 Å². The van der Waals surface area contributed by atoms with Crippen molar-refractivity contribution in [3.63, 3.8) is 0 Å². The molecule has 2 rings (SSSR count). The van der Waals surface area contributed by atoms with Gasteiger partial charge < -0.3 is 16.2 Å². The van der Waals surface area contributed by atoms with Crippen LogP contribution in [0.3, 0.4) is 0 Å². The van der Waals surface area contributed by atoms with E-state index in [1.807, 2.05) is 0 Å². The molecule has 0 aliphatic heterocycles. The molecule has 0 saturated heterocycles. The van der Waals surface area contributed by atoms with Gasteiger partial charge in [0.25, 0.3) is 0 Å². The summed E-state index contributed by atoms with van der Waals surface area (Å²) in [5, 5.41) is 0.296. The lowest BCUT2D eigenvalue weighted by Crippen LogP contribution is -2.23. The van der Waals surface area contributed by atoms with Gasteiger partial charge >= 0.3 is 0 Å². The summed E-state index contributed by atoms with van der Waals surface area (Å²) in [4.78, 5) is 11.3. The van der Waals surface area contributed by atoms with Crippen LogP contribution in [0.5, 0.6) is 11.5 Å². The Labute approximate surface area is 139 Å². The normalized spacial score (nSPS) is 12.0. The average molecular weight is 337 g/mol. The molecule has 122 valence electrons. The standard InChI is InChI=1S/C17H18ClFN2O2/c1-10(17(21)22)6-12-7-14(4-2-11(12)9-20)23-16-5-3-13(18)8-15(16)19/h2-5,7-8,10H,6,9,20H2,1H3,(H2,21,22). The number of hydrogen-bond donors (Lipinski definition) is 2. The molecular formula is C17H18ClFN2O2. The summed E-state index contributed by atoms with van der Waals surface area (Å²) in [6.45, 7) is 2.07. The smallest absolute Gasteiger partial charge is 0.220 e. The molecule has 0 fully saturated rings. The first kappa shape index (κ1) is 17.2. The number of rotatable bonds is 6. The third kappa shape index (κ3) is 4.43. The minimum Gasteiger partial charge on any atom is -0.454 e. The number of carbonyl (C=O) groups excluding carboxylic acids is 1. The average Bonchev–Trinajstić information content (AvgIpc) is 2.50. The Morgan fingerprint density at radius 3 is 2.61 bits per heavy atom. The second-order valence-electron chi connectivity index (χ2n) is 5.32. The van der Waals surface area contributed by atoms with E-state index >= 15 is 0 Å². The van der Waals surface area contributed by atoms with Gasteiger partial charge in [0.2, 0.25) is 5.91 Å². The lowest BCUT2D eigenvalue weighted by Gasteiger charge is -2.14. The zero-order chi connectivity index (χ0) is 17.0. The van der Waals surface area contributed by atoms with Gasteiger partial charge in [0.05, 0.1) is 0 Å². The van der Waals surface area contributed by atoms with Crippen LogP contribution < -0.4 is 16.2 Å². The number of primary amides is 1. The fraction of sp³-hybridized carbons (Fsp3) is 0.235. The van der Waals surface area contributed by atoms with E-state index in [0.717, 1.165) is 11.1 Å². The highest BCUT2D eigenvalue weighted by Gasteiger charge is 2.14. The lowest BCUT2D eigenvalue weighted by molar-refractivity contribution is -0.121. The number of amides is 1. The van der Waals surface area contributed by atoms with E-state index in [2.05, 4.69) is 0 Å². The molecular weight excluding hydrogens is 319 g/mol. The number of carbonyl (C=O) groups is 1. The van der Waals surface area contributed by atoms with Crippen molar-refractivity contribution in [1.29, 1.82) is 0 Å². The Kier molecular flexibility index (Phi) is 5.58. The maximum atomic E-state index is 13.8. The highest BCUT2D eigenvalue weighted by atomic mass is 35.5. The molecule has 2 aromatic carbocycles. The molecule has 23 heavy (non-hydrogen) atoms. The number of ether oxygens (including phenoxy) is 1. The molecule has 0 spiro atoms. The highest BCUT2D eigenvalue weighted by molar-refractivity contribution is 6.30. The van der Waals surface area contributed by atoms with Crippen LogP contribution >= 0.6 is 11.6 Å². The van der Waals surface area contributed by atoms with Gasteiger partial charge in [0, 0.05) is 17.5 Å². The predicted octanol–water partition coefficient (Wildman–Crippen LogP) is 3.39. The SMILES string of the molecule is CC(Cc1cc(Oc2ccc(Cl)cc2F)ccc1CN)C(N)=O. The number of halogens is 2. The highest BCUT2D eigenvalue weighted by Crippen LogP contribution is 2.28. The lowest BCUT2D eigenvalue weighted by atomic mass is 9.96. The van der Waals surface area contributed by atoms with Crippen molar-refractivity contribution in [3.05, 3.63) is 58.4 Å². The molecule has 1 atom stereocenters. The Bertz CT molecular complexity index is 722. The number of hydrogen-bond acceptors (Lipinski definition) is 3. The first-order chi connectivity index (χ1) is 10.9. The van der Waals surface area contributed by atoms with E-state index in [9.17, 15) is 9.18 Å². The molecule has 0 aliphatic carbocycles. The summed E-state index contributed by atoms with van der Waals surface area (Å²) in [5.41, 5.74) is 12.8. The van der Waals surface area contributed by atoms with E-state index in [4.69, 9.17) is 27.8 Å². The summed E-state index contributed by atoms with van der Waals surface area (Å²) in [6.07, 6.45) is 0.447. The van der Waals surface area contributed by atoms with Crippen molar-refractivity contribution in [2.45, 2.75) is 19.9 Å². The first-order valence-electron chi connectivity index (χ1n) is 7.14. The minimum atomic E-state index is -0.549. The van der Waals surface area contributed by atoms with Gasteiger partial charge in [0.15, 0.2) is 11.6 Å². The van der Waals surface area contributed by atoms with Crippen LogP contribution in [0.1, 0.15) is 18.1 Å². The fourth-order valence-electron chi connectivity index (χ4n) is 2.17. The zero-order valence-corrected chi connectivity index (χ0v) is 13.4. The first-order valence-corrected chi connectivity index (χ1v) is 7.52. The Morgan fingerprint density at radius 1 is 1.26 bits per heavy atom. The quantitative estimate of drug-likeness (QED) is 0.848. The van der Waals surface area contributed by atoms with E-state index in [1.54, 1.807) is 31.2 Å². The van der Waals surface area contributed by atoms with E-state index in [-0.39, 0.29) is 17.6 Å². The molecule has 2 aromatic rings. The second kappa shape index (κ2) is 7.44. The van der Waals surface area contributed by atoms with Gasteiger partial charge in [-0.15, -0.1) is 0 Å². The van der Waals surface area contributed by atoms with Crippen LogP contribution in [0.25, 0.3) is 0 Å². The van der Waals surface area contributed by atoms with Crippen molar-refractivity contribution in [1.82, 2.24) is 0 Å². The summed E-state index contributed by atoms with van der Waals surface area (Å²) in [7, 11) is 0. The minimum absolute atomic E-state index is 0.0730. The molecule has 4 N–H and O–H groups in total. The summed E-state index contributed by atoms with van der Waals surface area (Å²) in [6, 6.07) is 9.43. The van der Waals surface area contributed by atoms with Crippen molar-refractivity contribution < 1.29 is 13.9 Å². The number of benzene rings is 2. The Morgan fingerprint density at radius 2 is 2.00 bits per heavy atom. The van der Waals surface area contributed by atoms with Crippen LogP contribution in [0.4, 0.5) is 4.39 Å². The van der Waals surface area contributed by atoms with Gasteiger partial charge in [-0.1, -0.05) is 24.6 Å². The number of nitrogens with two attached hydrogens (primary N) is 2. The van der Waals surface area contributed by atoms with Crippen LogP contribution in [-0.2, 0) is 17.8 Å². The molecule has 6 heteroatoms.